The fraction of sp³-hybridized carbons (Fsp3) is 0.526. The van der Waals surface area contributed by atoms with Crippen LogP contribution in [0.5, 0.6) is 5.75 Å². The van der Waals surface area contributed by atoms with Crippen molar-refractivity contribution >= 4 is 34.6 Å². The molecule has 0 unspecified atom stereocenters. The van der Waals surface area contributed by atoms with E-state index in [0.29, 0.717) is 34.4 Å². The topological polar surface area (TPSA) is 74.8 Å². The number of nitrogens with zero attached hydrogens (tertiary/aromatic N) is 1. The minimum absolute atomic E-state index is 0.0547. The Hall–Kier alpha value is -2.15. The van der Waals surface area contributed by atoms with Gasteiger partial charge in [0.25, 0.3) is 5.91 Å². The number of ether oxygens (including phenoxy) is 1. The molecule has 1 aromatic rings. The van der Waals surface area contributed by atoms with Crippen molar-refractivity contribution in [2.45, 2.75) is 46.1 Å². The van der Waals surface area contributed by atoms with E-state index in [4.69, 9.17) is 17.0 Å². The Labute approximate surface area is 159 Å². The van der Waals surface area contributed by atoms with Gasteiger partial charge in [0.2, 0.25) is 0 Å². The molecular formula is C19H26N4O2S. The van der Waals surface area contributed by atoms with E-state index in [2.05, 4.69) is 35.0 Å². The molecule has 1 aromatic carbocycles. The van der Waals surface area contributed by atoms with Crippen LogP contribution in [0, 0.1) is 11.8 Å². The molecule has 1 amide bonds. The third-order valence-electron chi connectivity index (χ3n) is 5.38. The van der Waals surface area contributed by atoms with Gasteiger partial charge in [-0.2, -0.15) is 5.10 Å². The summed E-state index contributed by atoms with van der Waals surface area (Å²) in [6.45, 7) is 6.53. The zero-order chi connectivity index (χ0) is 18.7. The number of anilines is 1. The molecule has 0 aromatic heterocycles. The van der Waals surface area contributed by atoms with Gasteiger partial charge in [0.15, 0.2) is 11.7 Å². The summed E-state index contributed by atoms with van der Waals surface area (Å²) in [6.07, 6.45) is 3.66. The van der Waals surface area contributed by atoms with E-state index in [1.165, 1.54) is 12.8 Å². The van der Waals surface area contributed by atoms with Crippen LogP contribution in [0.1, 0.15) is 45.6 Å². The Morgan fingerprint density at radius 2 is 2.15 bits per heavy atom. The van der Waals surface area contributed by atoms with E-state index in [9.17, 15) is 4.79 Å². The molecule has 0 bridgehead atoms. The van der Waals surface area contributed by atoms with E-state index >= 15 is 0 Å². The molecule has 26 heavy (non-hydrogen) atoms. The van der Waals surface area contributed by atoms with E-state index in [0.717, 1.165) is 17.7 Å². The van der Waals surface area contributed by atoms with Gasteiger partial charge in [-0.3, -0.25) is 10.2 Å². The van der Waals surface area contributed by atoms with Crippen molar-refractivity contribution in [3.05, 3.63) is 23.8 Å². The van der Waals surface area contributed by atoms with Crippen LogP contribution in [-0.4, -0.2) is 29.4 Å². The molecule has 1 fully saturated rings. The first kappa shape index (κ1) is 18.6. The number of fused-ring (bicyclic) bond motifs is 1. The largest absolute Gasteiger partial charge is 0.482 e. The summed E-state index contributed by atoms with van der Waals surface area (Å²) in [5.41, 5.74) is 5.28. The lowest BCUT2D eigenvalue weighted by atomic mass is 9.78. The number of rotatable bonds is 3. The minimum Gasteiger partial charge on any atom is -0.482 e. The Bertz CT molecular complexity index is 734. The summed E-state index contributed by atoms with van der Waals surface area (Å²) in [6, 6.07) is 6.00. The van der Waals surface area contributed by atoms with Gasteiger partial charge < -0.3 is 15.4 Å². The number of carbonyl (C=O) groups excluding carboxylic acids is 1. The second-order valence-corrected chi connectivity index (χ2v) is 7.61. The molecule has 0 saturated heterocycles. The van der Waals surface area contributed by atoms with Crippen molar-refractivity contribution in [1.82, 2.24) is 10.7 Å². The van der Waals surface area contributed by atoms with Crippen LogP contribution in [0.3, 0.4) is 0 Å². The monoisotopic (exact) mass is 374 g/mol. The number of hydrogen-bond acceptors (Lipinski definition) is 4. The summed E-state index contributed by atoms with van der Waals surface area (Å²) < 4.78 is 5.37. The van der Waals surface area contributed by atoms with Gasteiger partial charge in [0.1, 0.15) is 5.75 Å². The maximum atomic E-state index is 11.5. The summed E-state index contributed by atoms with van der Waals surface area (Å²) in [4.78, 5) is 11.5. The maximum Gasteiger partial charge on any atom is 0.262 e. The lowest BCUT2D eigenvalue weighted by Crippen LogP contribution is -2.46. The molecule has 7 heteroatoms. The molecule has 1 saturated carbocycles. The second-order valence-electron chi connectivity index (χ2n) is 7.20. The van der Waals surface area contributed by atoms with Crippen LogP contribution >= 0.6 is 12.2 Å². The molecule has 3 atom stereocenters. The molecule has 1 aliphatic heterocycles. The number of carbonyl (C=O) groups is 1. The summed E-state index contributed by atoms with van der Waals surface area (Å²) >= 11 is 5.40. The average Bonchev–Trinajstić information content (AvgIpc) is 2.63. The molecule has 3 N–H and O–H groups in total. The molecule has 1 aliphatic carbocycles. The van der Waals surface area contributed by atoms with Crippen molar-refractivity contribution < 1.29 is 9.53 Å². The predicted octanol–water partition coefficient (Wildman–Crippen LogP) is 3.03. The molecule has 1 heterocycles. The molecule has 0 radical (unpaired) electrons. The fourth-order valence-corrected chi connectivity index (χ4v) is 3.69. The first-order chi connectivity index (χ1) is 12.4. The minimum atomic E-state index is -0.149. The maximum absolute atomic E-state index is 11.5. The average molecular weight is 375 g/mol. The van der Waals surface area contributed by atoms with Crippen LogP contribution in [-0.2, 0) is 4.79 Å². The fourth-order valence-electron chi connectivity index (χ4n) is 3.49. The van der Waals surface area contributed by atoms with Crippen LogP contribution in [0.2, 0.25) is 0 Å². The van der Waals surface area contributed by atoms with Crippen LogP contribution in [0.4, 0.5) is 5.69 Å². The smallest absolute Gasteiger partial charge is 0.262 e. The van der Waals surface area contributed by atoms with Crippen molar-refractivity contribution in [3.63, 3.8) is 0 Å². The molecular weight excluding hydrogens is 348 g/mol. The van der Waals surface area contributed by atoms with Crippen molar-refractivity contribution in [3.8, 4) is 5.75 Å². The van der Waals surface area contributed by atoms with Gasteiger partial charge in [-0.05, 0) is 61.2 Å². The van der Waals surface area contributed by atoms with Gasteiger partial charge in [-0.25, -0.2) is 0 Å². The quantitative estimate of drug-likeness (QED) is 0.431. The SMILES string of the molecule is C/C(=N/NC(=S)N[C@@H]1CCC[C@@H](C)[C@H]1C)c1ccc2c(c1)NC(=O)CO2. The number of hydrogen-bond donors (Lipinski definition) is 3. The van der Waals surface area contributed by atoms with Crippen molar-refractivity contribution in [2.75, 3.05) is 11.9 Å². The Morgan fingerprint density at radius 3 is 2.96 bits per heavy atom. The Balaban J connectivity index is 1.60. The number of hydrazone groups is 1. The summed E-state index contributed by atoms with van der Waals surface area (Å²) in [5, 5.41) is 11.1. The van der Waals surface area contributed by atoms with E-state index in [-0.39, 0.29) is 12.5 Å². The highest BCUT2D eigenvalue weighted by atomic mass is 32.1. The Morgan fingerprint density at radius 1 is 1.35 bits per heavy atom. The van der Waals surface area contributed by atoms with Gasteiger partial charge in [0.05, 0.1) is 11.4 Å². The zero-order valence-corrected chi connectivity index (χ0v) is 16.3. The van der Waals surface area contributed by atoms with Gasteiger partial charge in [-0.15, -0.1) is 0 Å². The third kappa shape index (κ3) is 4.33. The van der Waals surface area contributed by atoms with Gasteiger partial charge in [0, 0.05) is 6.04 Å². The lowest BCUT2D eigenvalue weighted by Gasteiger charge is -2.35. The lowest BCUT2D eigenvalue weighted by molar-refractivity contribution is -0.118. The normalized spacial score (nSPS) is 25.6. The van der Waals surface area contributed by atoms with Crippen molar-refractivity contribution in [2.24, 2.45) is 16.9 Å². The second kappa shape index (κ2) is 8.03. The first-order valence-electron chi connectivity index (χ1n) is 9.12. The third-order valence-corrected chi connectivity index (χ3v) is 5.59. The highest BCUT2D eigenvalue weighted by molar-refractivity contribution is 7.80. The molecule has 0 spiro atoms. The summed E-state index contributed by atoms with van der Waals surface area (Å²) in [7, 11) is 0. The van der Waals surface area contributed by atoms with Gasteiger partial charge in [-0.1, -0.05) is 26.7 Å². The molecule has 2 aliphatic rings. The van der Waals surface area contributed by atoms with Crippen molar-refractivity contribution in [1.29, 1.82) is 0 Å². The predicted molar refractivity (Wildman–Crippen MR) is 108 cm³/mol. The van der Waals surface area contributed by atoms with Crippen LogP contribution < -0.4 is 20.8 Å². The number of nitrogens with one attached hydrogen (secondary N) is 3. The van der Waals surface area contributed by atoms with E-state index < -0.39 is 0 Å². The highest BCUT2D eigenvalue weighted by Gasteiger charge is 2.27. The summed E-state index contributed by atoms with van der Waals surface area (Å²) in [5.74, 6) is 1.83. The standard InChI is InChI=1S/C19H26N4O2S/c1-11-5-4-6-15(12(11)2)21-19(26)23-22-13(3)14-7-8-17-16(9-14)20-18(24)10-25-17/h7-9,11-12,15H,4-6,10H2,1-3H3,(H,20,24)(H2,21,23,26)/b22-13-/t11-,12-,15-/m1/s1. The van der Waals surface area contributed by atoms with E-state index in [1.54, 1.807) is 0 Å². The number of amides is 1. The number of thiocarbonyl (C=S) groups is 1. The van der Waals surface area contributed by atoms with Crippen LogP contribution in [0.15, 0.2) is 23.3 Å². The van der Waals surface area contributed by atoms with Crippen LogP contribution in [0.25, 0.3) is 0 Å². The molecule has 140 valence electrons. The molecule has 3 rings (SSSR count). The van der Waals surface area contributed by atoms with E-state index in [1.807, 2.05) is 25.1 Å². The number of benzene rings is 1. The highest BCUT2D eigenvalue weighted by Crippen LogP contribution is 2.30. The van der Waals surface area contributed by atoms with Gasteiger partial charge >= 0.3 is 0 Å². The first-order valence-corrected chi connectivity index (χ1v) is 9.52. The zero-order valence-electron chi connectivity index (χ0n) is 15.5. The molecule has 6 nitrogen and oxygen atoms in total. The Kier molecular flexibility index (Phi) is 5.76.